The lowest BCUT2D eigenvalue weighted by molar-refractivity contribution is -0.124. The zero-order valence-electron chi connectivity index (χ0n) is 17.6. The molecular formula is C24H21Cl2N5O2. The third-order valence-corrected chi connectivity index (χ3v) is 6.21. The Balaban J connectivity index is 1.26. The van der Waals surface area contributed by atoms with Crippen molar-refractivity contribution < 1.29 is 9.59 Å². The number of fused-ring (bicyclic) bond motifs is 2. The van der Waals surface area contributed by atoms with Crippen molar-refractivity contribution in [1.29, 1.82) is 0 Å². The molecule has 0 aliphatic carbocycles. The zero-order chi connectivity index (χ0) is 22.9. The van der Waals surface area contributed by atoms with Gasteiger partial charge in [-0.3, -0.25) is 14.5 Å². The number of nitrogens with zero attached hydrogens (tertiary/aromatic N) is 3. The lowest BCUT2D eigenvalue weighted by atomic mass is 10.1. The average Bonchev–Trinajstić information content (AvgIpc) is 3.40. The molecular weight excluding hydrogens is 461 g/mol. The third-order valence-electron chi connectivity index (χ3n) is 5.74. The number of carbonyl (C=O) groups is 2. The molecule has 2 amide bonds. The first-order valence-corrected chi connectivity index (χ1v) is 11.4. The van der Waals surface area contributed by atoms with Crippen molar-refractivity contribution in [3.63, 3.8) is 0 Å². The maximum absolute atomic E-state index is 12.7. The van der Waals surface area contributed by atoms with Crippen molar-refractivity contribution in [3.05, 3.63) is 70.3 Å². The molecule has 9 heteroatoms. The molecule has 0 saturated heterocycles. The average molecular weight is 482 g/mol. The van der Waals surface area contributed by atoms with Crippen molar-refractivity contribution in [3.8, 4) is 11.3 Å². The second-order valence-electron chi connectivity index (χ2n) is 7.95. The normalized spacial score (nSPS) is 13.4. The fourth-order valence-corrected chi connectivity index (χ4v) is 4.47. The molecule has 4 aromatic rings. The van der Waals surface area contributed by atoms with Crippen LogP contribution in [0.2, 0.25) is 10.0 Å². The van der Waals surface area contributed by atoms with Crippen LogP contribution in [-0.2, 0) is 22.6 Å². The van der Waals surface area contributed by atoms with E-state index in [1.165, 1.54) is 4.90 Å². The Bertz CT molecular complexity index is 1360. The smallest absolute Gasteiger partial charge is 0.240 e. The van der Waals surface area contributed by atoms with Gasteiger partial charge in [-0.05, 0) is 42.3 Å². The first kappa shape index (κ1) is 21.6. The summed E-state index contributed by atoms with van der Waals surface area (Å²) in [5, 5.41) is 9.85. The Morgan fingerprint density at radius 3 is 2.82 bits per heavy atom. The van der Waals surface area contributed by atoms with Crippen LogP contribution >= 0.6 is 23.2 Å². The first-order chi connectivity index (χ1) is 16.0. The summed E-state index contributed by atoms with van der Waals surface area (Å²) in [5.41, 5.74) is 3.65. The third kappa shape index (κ3) is 4.47. The Labute approximate surface area is 200 Å². The van der Waals surface area contributed by atoms with E-state index in [-0.39, 0.29) is 18.4 Å². The van der Waals surface area contributed by atoms with Gasteiger partial charge in [0.2, 0.25) is 11.8 Å². The Hall–Kier alpha value is -3.29. The minimum atomic E-state index is -0.222. The van der Waals surface area contributed by atoms with Crippen LogP contribution in [0, 0.1) is 0 Å². The van der Waals surface area contributed by atoms with Gasteiger partial charge in [0.1, 0.15) is 12.4 Å². The summed E-state index contributed by atoms with van der Waals surface area (Å²) in [7, 11) is 0. The highest BCUT2D eigenvalue weighted by molar-refractivity contribution is 6.31. The fraction of sp³-hybridized carbons (Fsp3) is 0.208. The second kappa shape index (κ2) is 8.92. The summed E-state index contributed by atoms with van der Waals surface area (Å²) in [6, 6.07) is 14.9. The summed E-state index contributed by atoms with van der Waals surface area (Å²) in [6.07, 6.45) is 2.88. The largest absolute Gasteiger partial charge is 0.361 e. The van der Waals surface area contributed by atoms with E-state index in [1.807, 2.05) is 48.7 Å². The van der Waals surface area contributed by atoms with Crippen molar-refractivity contribution in [1.82, 2.24) is 20.1 Å². The number of anilines is 1. The molecule has 1 aliphatic heterocycles. The summed E-state index contributed by atoms with van der Waals surface area (Å²) < 4.78 is 1.76. The van der Waals surface area contributed by atoms with Gasteiger partial charge in [0.15, 0.2) is 0 Å². The molecule has 1 aliphatic rings. The summed E-state index contributed by atoms with van der Waals surface area (Å²) in [4.78, 5) is 30.0. The van der Waals surface area contributed by atoms with E-state index in [1.54, 1.807) is 10.7 Å². The molecule has 33 heavy (non-hydrogen) atoms. The van der Waals surface area contributed by atoms with Gasteiger partial charge in [0.05, 0.1) is 12.2 Å². The predicted octanol–water partition coefficient (Wildman–Crippen LogP) is 4.43. The van der Waals surface area contributed by atoms with Crippen LogP contribution in [0.4, 0.5) is 5.82 Å². The fourth-order valence-electron chi connectivity index (χ4n) is 4.10. The van der Waals surface area contributed by atoms with E-state index in [4.69, 9.17) is 23.2 Å². The van der Waals surface area contributed by atoms with Gasteiger partial charge < -0.3 is 10.3 Å². The summed E-state index contributed by atoms with van der Waals surface area (Å²) >= 11 is 12.2. The van der Waals surface area contributed by atoms with Gasteiger partial charge in [-0.25, -0.2) is 4.68 Å². The number of hydrogen-bond donors (Lipinski definition) is 2. The SMILES string of the molecule is O=C(CN1C(=O)CCn2nc(-c3cccc(Cl)c3)cc21)NCCc1c[nH]c2ccc(Cl)cc12. The number of amides is 2. The number of hydrogen-bond acceptors (Lipinski definition) is 3. The molecule has 0 unspecified atom stereocenters. The predicted molar refractivity (Wildman–Crippen MR) is 130 cm³/mol. The van der Waals surface area contributed by atoms with Crippen LogP contribution in [0.15, 0.2) is 54.7 Å². The monoisotopic (exact) mass is 481 g/mol. The topological polar surface area (TPSA) is 83.0 Å². The maximum atomic E-state index is 12.7. The summed E-state index contributed by atoms with van der Waals surface area (Å²) in [5.74, 6) is 0.296. The molecule has 5 rings (SSSR count). The molecule has 168 valence electrons. The number of aromatic nitrogens is 3. The van der Waals surface area contributed by atoms with E-state index >= 15 is 0 Å². The Kier molecular flexibility index (Phi) is 5.83. The van der Waals surface area contributed by atoms with Gasteiger partial charge >= 0.3 is 0 Å². The number of rotatable bonds is 6. The molecule has 0 bridgehead atoms. The van der Waals surface area contributed by atoms with Crippen LogP contribution in [-0.4, -0.2) is 39.7 Å². The van der Waals surface area contributed by atoms with Gasteiger partial charge in [0, 0.05) is 51.7 Å². The van der Waals surface area contributed by atoms with Crippen molar-refractivity contribution in [2.75, 3.05) is 18.0 Å². The standard InChI is InChI=1S/C24H21Cl2N5O2/c25-17-3-1-2-15(10-17)21-12-23-30(24(33)7-9-31(23)29-21)14-22(32)27-8-6-16-13-28-20-5-4-18(26)11-19(16)20/h1-5,10-13,28H,6-9,14H2,(H,27,32). The molecule has 2 aromatic carbocycles. The Morgan fingerprint density at radius 1 is 1.12 bits per heavy atom. The minimum Gasteiger partial charge on any atom is -0.361 e. The number of aromatic amines is 1. The number of aryl methyl sites for hydroxylation is 1. The van der Waals surface area contributed by atoms with Crippen molar-refractivity contribution in [2.24, 2.45) is 0 Å². The molecule has 0 radical (unpaired) electrons. The van der Waals surface area contributed by atoms with Gasteiger partial charge in [-0.15, -0.1) is 0 Å². The first-order valence-electron chi connectivity index (χ1n) is 10.6. The van der Waals surface area contributed by atoms with Gasteiger partial charge in [-0.1, -0.05) is 35.3 Å². The van der Waals surface area contributed by atoms with Crippen molar-refractivity contribution >= 4 is 51.7 Å². The number of H-pyrrole nitrogens is 1. The van der Waals surface area contributed by atoms with Crippen LogP contribution in [0.3, 0.4) is 0 Å². The highest BCUT2D eigenvalue weighted by Crippen LogP contribution is 2.29. The lowest BCUT2D eigenvalue weighted by Gasteiger charge is -2.26. The maximum Gasteiger partial charge on any atom is 0.240 e. The van der Waals surface area contributed by atoms with Crippen LogP contribution in [0.25, 0.3) is 22.2 Å². The van der Waals surface area contributed by atoms with Crippen LogP contribution in [0.5, 0.6) is 0 Å². The molecule has 2 N–H and O–H groups in total. The highest BCUT2D eigenvalue weighted by Gasteiger charge is 2.28. The van der Waals surface area contributed by atoms with Crippen molar-refractivity contribution in [2.45, 2.75) is 19.4 Å². The Morgan fingerprint density at radius 2 is 1.97 bits per heavy atom. The number of benzene rings is 2. The molecule has 2 aromatic heterocycles. The molecule has 0 saturated carbocycles. The van der Waals surface area contributed by atoms with E-state index in [0.29, 0.717) is 47.5 Å². The van der Waals surface area contributed by atoms with Crippen LogP contribution < -0.4 is 10.2 Å². The highest BCUT2D eigenvalue weighted by atomic mass is 35.5. The van der Waals surface area contributed by atoms with E-state index in [9.17, 15) is 9.59 Å². The van der Waals surface area contributed by atoms with E-state index < -0.39 is 0 Å². The molecule has 0 spiro atoms. The van der Waals surface area contributed by atoms with E-state index in [2.05, 4.69) is 15.4 Å². The molecule has 0 atom stereocenters. The minimum absolute atomic E-state index is 0.0563. The van der Waals surface area contributed by atoms with E-state index in [0.717, 1.165) is 22.0 Å². The quantitative estimate of drug-likeness (QED) is 0.427. The number of halogens is 2. The van der Waals surface area contributed by atoms with Gasteiger partial charge in [-0.2, -0.15) is 5.10 Å². The number of nitrogens with one attached hydrogen (secondary N) is 2. The zero-order valence-corrected chi connectivity index (χ0v) is 19.2. The lowest BCUT2D eigenvalue weighted by Crippen LogP contribution is -2.44. The second-order valence-corrected chi connectivity index (χ2v) is 8.83. The van der Waals surface area contributed by atoms with Crippen LogP contribution in [0.1, 0.15) is 12.0 Å². The van der Waals surface area contributed by atoms with Gasteiger partial charge in [0.25, 0.3) is 0 Å². The summed E-state index contributed by atoms with van der Waals surface area (Å²) in [6.45, 7) is 0.878. The molecule has 7 nitrogen and oxygen atoms in total. The molecule has 3 heterocycles. The molecule has 0 fully saturated rings. The number of carbonyl (C=O) groups excluding carboxylic acids is 2.